The third-order valence-electron chi connectivity index (χ3n) is 4.92. The van der Waals surface area contributed by atoms with Crippen LogP contribution in [0.3, 0.4) is 0 Å². The minimum absolute atomic E-state index is 0.00183. The number of pyridine rings is 1. The van der Waals surface area contributed by atoms with Crippen molar-refractivity contribution in [3.8, 4) is 0 Å². The summed E-state index contributed by atoms with van der Waals surface area (Å²) >= 11 is 1.33. The molecule has 4 heterocycles. The summed E-state index contributed by atoms with van der Waals surface area (Å²) in [6.07, 6.45) is 3.72. The first-order valence-electron chi connectivity index (χ1n) is 8.71. The van der Waals surface area contributed by atoms with Crippen LogP contribution in [0.1, 0.15) is 51.4 Å². The maximum Gasteiger partial charge on any atom is 0.254 e. The second-order valence-corrected chi connectivity index (χ2v) is 7.64. The van der Waals surface area contributed by atoms with Gasteiger partial charge < -0.3 is 4.90 Å². The molecule has 0 bridgehead atoms. The van der Waals surface area contributed by atoms with E-state index < -0.39 is 0 Å². The zero-order valence-corrected chi connectivity index (χ0v) is 15.6. The third-order valence-corrected chi connectivity index (χ3v) is 5.95. The van der Waals surface area contributed by atoms with Crippen LogP contribution in [0.15, 0.2) is 29.8 Å². The van der Waals surface area contributed by atoms with E-state index in [0.717, 1.165) is 36.1 Å². The molecule has 3 aromatic heterocycles. The number of amides is 1. The van der Waals surface area contributed by atoms with Crippen molar-refractivity contribution in [2.24, 2.45) is 7.05 Å². The third kappa shape index (κ3) is 2.92. The van der Waals surface area contributed by atoms with Crippen LogP contribution in [0, 0.1) is 0 Å². The zero-order chi connectivity index (χ0) is 18.3. The molecule has 4 rings (SSSR count). The molecule has 0 spiro atoms. The highest BCUT2D eigenvalue weighted by Gasteiger charge is 2.29. The van der Waals surface area contributed by atoms with Gasteiger partial charge >= 0.3 is 0 Å². The van der Waals surface area contributed by atoms with E-state index >= 15 is 0 Å². The van der Waals surface area contributed by atoms with Crippen LogP contribution in [-0.2, 0) is 7.05 Å². The quantitative estimate of drug-likeness (QED) is 0.666. The van der Waals surface area contributed by atoms with Crippen LogP contribution in [0.5, 0.6) is 0 Å². The minimum atomic E-state index is -0.00295. The molecule has 0 aliphatic carbocycles. The average molecular weight is 368 g/mol. The van der Waals surface area contributed by atoms with Crippen molar-refractivity contribution in [2.45, 2.75) is 25.7 Å². The Morgan fingerprint density at radius 3 is 2.96 bits per heavy atom. The van der Waals surface area contributed by atoms with Crippen LogP contribution in [0.2, 0.25) is 0 Å². The predicted octanol–water partition coefficient (Wildman–Crippen LogP) is 3.25. The highest BCUT2D eigenvalue weighted by molar-refractivity contribution is 7.12. The fraction of sp³-hybridized carbons (Fsp3) is 0.368. The summed E-state index contributed by atoms with van der Waals surface area (Å²) in [5, 5.41) is 7.52. The monoisotopic (exact) mass is 368 g/mol. The lowest BCUT2D eigenvalue weighted by molar-refractivity contribution is 0.0706. The average Bonchev–Trinajstić information content (AvgIpc) is 3.27. The molecule has 1 aliphatic heterocycles. The molecule has 0 saturated carbocycles. The fourth-order valence-electron chi connectivity index (χ4n) is 3.62. The molecule has 7 heteroatoms. The Balaban J connectivity index is 1.58. The predicted molar refractivity (Wildman–Crippen MR) is 101 cm³/mol. The van der Waals surface area contributed by atoms with E-state index in [1.807, 2.05) is 28.8 Å². The van der Waals surface area contributed by atoms with Gasteiger partial charge in [-0.15, -0.1) is 11.3 Å². The van der Waals surface area contributed by atoms with Gasteiger partial charge in [0, 0.05) is 43.0 Å². The Morgan fingerprint density at radius 1 is 1.35 bits per heavy atom. The Hall–Kier alpha value is -2.54. The molecule has 134 valence electrons. The largest absolute Gasteiger partial charge is 0.338 e. The molecule has 1 amide bonds. The van der Waals surface area contributed by atoms with E-state index in [1.54, 1.807) is 17.6 Å². The summed E-state index contributed by atoms with van der Waals surface area (Å²) in [4.78, 5) is 31.3. The number of aryl methyl sites for hydroxylation is 1. The van der Waals surface area contributed by atoms with E-state index in [2.05, 4.69) is 10.1 Å². The number of carbonyl (C=O) groups excluding carboxylic acids is 2. The second kappa shape index (κ2) is 6.64. The van der Waals surface area contributed by atoms with Crippen molar-refractivity contribution in [1.29, 1.82) is 0 Å². The van der Waals surface area contributed by atoms with Gasteiger partial charge in [0.05, 0.1) is 16.1 Å². The lowest BCUT2D eigenvalue weighted by atomic mass is 9.93. The van der Waals surface area contributed by atoms with E-state index in [4.69, 9.17) is 0 Å². The number of Topliss-reactive ketones (excluding diaryl/α,β-unsaturated/α-hetero) is 1. The molecule has 0 aromatic carbocycles. The van der Waals surface area contributed by atoms with Gasteiger partial charge in [-0.3, -0.25) is 14.3 Å². The maximum absolute atomic E-state index is 12.9. The molecule has 6 nitrogen and oxygen atoms in total. The van der Waals surface area contributed by atoms with Gasteiger partial charge in [-0.2, -0.15) is 5.10 Å². The van der Waals surface area contributed by atoms with Crippen LogP contribution < -0.4 is 0 Å². The molecule has 0 N–H and O–H groups in total. The molecule has 1 saturated heterocycles. The first kappa shape index (κ1) is 16.9. The molecule has 3 aromatic rings. The van der Waals surface area contributed by atoms with E-state index in [1.165, 1.54) is 18.3 Å². The van der Waals surface area contributed by atoms with Crippen LogP contribution in [0.25, 0.3) is 11.0 Å². The summed E-state index contributed by atoms with van der Waals surface area (Å²) in [5.74, 6) is 0.196. The smallest absolute Gasteiger partial charge is 0.254 e. The van der Waals surface area contributed by atoms with Gasteiger partial charge in [-0.05, 0) is 38.0 Å². The molecule has 1 fully saturated rings. The lowest BCUT2D eigenvalue weighted by Gasteiger charge is -2.32. The number of likely N-dealkylation sites (tertiary alicyclic amines) is 1. The SMILES string of the molecule is CC(=O)c1cc(C(=O)N2CCC[C@H](c3nn(C)c4ncccc34)C2)cs1. The van der Waals surface area contributed by atoms with Crippen molar-refractivity contribution in [3.05, 3.63) is 45.9 Å². The number of thiophene rings is 1. The molecule has 0 unspecified atom stereocenters. The van der Waals surface area contributed by atoms with E-state index in [9.17, 15) is 9.59 Å². The van der Waals surface area contributed by atoms with Gasteiger partial charge in [0.15, 0.2) is 11.4 Å². The summed E-state index contributed by atoms with van der Waals surface area (Å²) in [7, 11) is 1.90. The lowest BCUT2D eigenvalue weighted by Crippen LogP contribution is -2.39. The number of ketones is 1. The van der Waals surface area contributed by atoms with Crippen molar-refractivity contribution in [3.63, 3.8) is 0 Å². The molecule has 26 heavy (non-hydrogen) atoms. The Labute approximate surface area is 155 Å². The number of fused-ring (bicyclic) bond motifs is 1. The molecule has 1 atom stereocenters. The number of hydrogen-bond acceptors (Lipinski definition) is 5. The van der Waals surface area contributed by atoms with Crippen LogP contribution in [-0.4, -0.2) is 44.4 Å². The van der Waals surface area contributed by atoms with E-state index in [0.29, 0.717) is 17.0 Å². The summed E-state index contributed by atoms with van der Waals surface area (Å²) in [5.41, 5.74) is 2.49. The minimum Gasteiger partial charge on any atom is -0.338 e. The van der Waals surface area contributed by atoms with Gasteiger partial charge in [0.2, 0.25) is 0 Å². The Morgan fingerprint density at radius 2 is 2.19 bits per heavy atom. The van der Waals surface area contributed by atoms with Crippen molar-refractivity contribution in [1.82, 2.24) is 19.7 Å². The highest BCUT2D eigenvalue weighted by Crippen LogP contribution is 2.31. The zero-order valence-electron chi connectivity index (χ0n) is 14.8. The summed E-state index contributed by atoms with van der Waals surface area (Å²) in [6.45, 7) is 2.91. The normalized spacial score (nSPS) is 17.6. The van der Waals surface area contributed by atoms with Gasteiger partial charge in [-0.1, -0.05) is 0 Å². The van der Waals surface area contributed by atoms with Gasteiger partial charge in [0.25, 0.3) is 5.91 Å². The number of carbonyl (C=O) groups is 2. The summed E-state index contributed by atoms with van der Waals surface area (Å²) < 4.78 is 1.81. The van der Waals surface area contributed by atoms with Gasteiger partial charge in [0.1, 0.15) is 0 Å². The van der Waals surface area contributed by atoms with Crippen molar-refractivity contribution >= 4 is 34.1 Å². The highest BCUT2D eigenvalue weighted by atomic mass is 32.1. The Bertz CT molecular complexity index is 991. The Kier molecular flexibility index (Phi) is 4.32. The number of piperidine rings is 1. The molecule has 0 radical (unpaired) electrons. The first-order chi connectivity index (χ1) is 12.5. The van der Waals surface area contributed by atoms with Crippen LogP contribution in [0.4, 0.5) is 0 Å². The molecular formula is C19H20N4O2S. The number of hydrogen-bond donors (Lipinski definition) is 0. The van der Waals surface area contributed by atoms with Gasteiger partial charge in [-0.25, -0.2) is 4.98 Å². The maximum atomic E-state index is 12.9. The number of nitrogens with zero attached hydrogens (tertiary/aromatic N) is 4. The van der Waals surface area contributed by atoms with Crippen molar-refractivity contribution in [2.75, 3.05) is 13.1 Å². The summed E-state index contributed by atoms with van der Waals surface area (Å²) in [6, 6.07) is 5.68. The second-order valence-electron chi connectivity index (χ2n) is 6.73. The first-order valence-corrected chi connectivity index (χ1v) is 9.59. The topological polar surface area (TPSA) is 68.1 Å². The number of aromatic nitrogens is 3. The standard InChI is InChI=1S/C19H20N4O2S/c1-12(24)16-9-14(11-26-16)19(25)23-8-4-5-13(10-23)17-15-6-3-7-20-18(15)22(2)21-17/h3,6-7,9,11,13H,4-5,8,10H2,1-2H3/t13-/m0/s1. The van der Waals surface area contributed by atoms with Crippen molar-refractivity contribution < 1.29 is 9.59 Å². The number of rotatable bonds is 3. The van der Waals surface area contributed by atoms with E-state index in [-0.39, 0.29) is 17.6 Å². The fourth-order valence-corrected chi connectivity index (χ4v) is 4.40. The molecule has 1 aliphatic rings. The van der Waals surface area contributed by atoms with Crippen LogP contribution >= 0.6 is 11.3 Å². The molecular weight excluding hydrogens is 348 g/mol.